The monoisotopic (exact) mass is 279 g/mol. The van der Waals surface area contributed by atoms with Gasteiger partial charge in [0.05, 0.1) is 19.1 Å². The van der Waals surface area contributed by atoms with Crippen LogP contribution in [0.15, 0.2) is 35.5 Å². The summed E-state index contributed by atoms with van der Waals surface area (Å²) in [6.45, 7) is 0. The van der Waals surface area contributed by atoms with Crippen LogP contribution in [0.1, 0.15) is 10.4 Å². The summed E-state index contributed by atoms with van der Waals surface area (Å²) in [4.78, 5) is 29.4. The standard InChI is InChI=1S/C12H10ClN3O3/c1-19-10-3-2-7(13)4-9(10)16-12(18)8-5-14-6-15-11(8)17/h2-6H,1H3,(H,16,18)(H,14,15,17). The fourth-order valence-corrected chi connectivity index (χ4v) is 1.65. The molecule has 0 fully saturated rings. The van der Waals surface area contributed by atoms with Gasteiger partial charge in [0.15, 0.2) is 0 Å². The molecule has 0 spiro atoms. The summed E-state index contributed by atoms with van der Waals surface area (Å²) >= 11 is 5.85. The number of hydrogen-bond donors (Lipinski definition) is 2. The third kappa shape index (κ3) is 2.92. The minimum absolute atomic E-state index is 0.0930. The minimum Gasteiger partial charge on any atom is -0.495 e. The Hall–Kier alpha value is -2.34. The zero-order valence-corrected chi connectivity index (χ0v) is 10.7. The van der Waals surface area contributed by atoms with Gasteiger partial charge in [-0.15, -0.1) is 0 Å². The Morgan fingerprint density at radius 3 is 2.95 bits per heavy atom. The van der Waals surface area contributed by atoms with Crippen molar-refractivity contribution in [1.82, 2.24) is 9.97 Å². The Kier molecular flexibility index (Phi) is 3.82. The molecule has 1 aromatic heterocycles. The maximum Gasteiger partial charge on any atom is 0.263 e. The minimum atomic E-state index is -0.588. The Labute approximate surface area is 113 Å². The van der Waals surface area contributed by atoms with Crippen LogP contribution in [0.25, 0.3) is 0 Å². The second-order valence-electron chi connectivity index (χ2n) is 3.59. The molecular weight excluding hydrogens is 270 g/mol. The third-order valence-corrected chi connectivity index (χ3v) is 2.61. The highest BCUT2D eigenvalue weighted by Crippen LogP contribution is 2.27. The first-order valence-electron chi connectivity index (χ1n) is 5.29. The lowest BCUT2D eigenvalue weighted by Gasteiger charge is -2.09. The van der Waals surface area contributed by atoms with Crippen molar-refractivity contribution in [3.63, 3.8) is 0 Å². The maximum absolute atomic E-state index is 11.9. The number of ether oxygens (including phenoxy) is 1. The van der Waals surface area contributed by atoms with E-state index >= 15 is 0 Å². The molecule has 0 atom stereocenters. The molecule has 0 aliphatic carbocycles. The number of aromatic amines is 1. The summed E-state index contributed by atoms with van der Waals surface area (Å²) in [5.74, 6) is -0.145. The first kappa shape index (κ1) is 13.1. The van der Waals surface area contributed by atoms with Crippen LogP contribution in [-0.2, 0) is 0 Å². The number of carbonyl (C=O) groups excluding carboxylic acids is 1. The van der Waals surface area contributed by atoms with Crippen molar-refractivity contribution in [2.45, 2.75) is 0 Å². The Bertz CT molecular complexity index is 669. The second-order valence-corrected chi connectivity index (χ2v) is 4.03. The van der Waals surface area contributed by atoms with Crippen LogP contribution in [-0.4, -0.2) is 23.0 Å². The topological polar surface area (TPSA) is 84.1 Å². The second kappa shape index (κ2) is 5.53. The molecule has 19 heavy (non-hydrogen) atoms. The van der Waals surface area contributed by atoms with Crippen LogP contribution in [0.2, 0.25) is 5.02 Å². The van der Waals surface area contributed by atoms with Gasteiger partial charge in [-0.3, -0.25) is 9.59 Å². The van der Waals surface area contributed by atoms with E-state index in [0.29, 0.717) is 16.5 Å². The van der Waals surface area contributed by atoms with Crippen LogP contribution in [0.4, 0.5) is 5.69 Å². The number of halogens is 1. The normalized spacial score (nSPS) is 10.0. The van der Waals surface area contributed by atoms with Gasteiger partial charge in [0.25, 0.3) is 11.5 Å². The lowest BCUT2D eigenvalue weighted by molar-refractivity contribution is 0.102. The number of nitrogens with one attached hydrogen (secondary N) is 2. The van der Waals surface area contributed by atoms with E-state index in [4.69, 9.17) is 16.3 Å². The molecule has 0 unspecified atom stereocenters. The largest absolute Gasteiger partial charge is 0.495 e. The van der Waals surface area contributed by atoms with E-state index in [1.54, 1.807) is 12.1 Å². The van der Waals surface area contributed by atoms with E-state index in [1.165, 1.54) is 25.7 Å². The molecular formula is C12H10ClN3O3. The van der Waals surface area contributed by atoms with Gasteiger partial charge in [0.1, 0.15) is 11.3 Å². The lowest BCUT2D eigenvalue weighted by Crippen LogP contribution is -2.23. The first-order chi connectivity index (χ1) is 9.11. The van der Waals surface area contributed by atoms with Crippen molar-refractivity contribution < 1.29 is 9.53 Å². The van der Waals surface area contributed by atoms with Crippen molar-refractivity contribution in [3.05, 3.63) is 51.7 Å². The van der Waals surface area contributed by atoms with Crippen molar-refractivity contribution >= 4 is 23.2 Å². The molecule has 0 saturated carbocycles. The number of amides is 1. The zero-order valence-electron chi connectivity index (χ0n) is 9.94. The summed E-state index contributed by atoms with van der Waals surface area (Å²) in [5, 5.41) is 2.99. The molecule has 2 N–H and O–H groups in total. The van der Waals surface area contributed by atoms with E-state index in [9.17, 15) is 9.59 Å². The van der Waals surface area contributed by atoms with Gasteiger partial charge in [-0.2, -0.15) is 0 Å². The van der Waals surface area contributed by atoms with Crippen molar-refractivity contribution in [2.75, 3.05) is 12.4 Å². The van der Waals surface area contributed by atoms with Gasteiger partial charge in [0, 0.05) is 11.2 Å². The predicted octanol–water partition coefficient (Wildman–Crippen LogP) is 1.68. The van der Waals surface area contributed by atoms with Gasteiger partial charge in [-0.25, -0.2) is 4.98 Å². The van der Waals surface area contributed by atoms with Gasteiger partial charge < -0.3 is 15.0 Å². The lowest BCUT2D eigenvalue weighted by atomic mass is 10.2. The average Bonchev–Trinajstić information content (AvgIpc) is 2.39. The molecule has 2 aromatic rings. The zero-order chi connectivity index (χ0) is 13.8. The van der Waals surface area contributed by atoms with E-state index in [2.05, 4.69) is 15.3 Å². The number of benzene rings is 1. The molecule has 98 valence electrons. The number of hydrogen-bond acceptors (Lipinski definition) is 4. The van der Waals surface area contributed by atoms with Gasteiger partial charge >= 0.3 is 0 Å². The summed E-state index contributed by atoms with van der Waals surface area (Å²) < 4.78 is 5.09. The van der Waals surface area contributed by atoms with Crippen LogP contribution >= 0.6 is 11.6 Å². The highest BCUT2D eigenvalue weighted by Gasteiger charge is 2.13. The highest BCUT2D eigenvalue weighted by molar-refractivity contribution is 6.31. The van der Waals surface area contributed by atoms with Crippen LogP contribution in [0.5, 0.6) is 5.75 Å². The number of carbonyl (C=O) groups is 1. The molecule has 0 aliphatic heterocycles. The highest BCUT2D eigenvalue weighted by atomic mass is 35.5. The molecule has 2 rings (SSSR count). The molecule has 1 aromatic carbocycles. The van der Waals surface area contributed by atoms with Gasteiger partial charge in [-0.05, 0) is 18.2 Å². The summed E-state index contributed by atoms with van der Waals surface area (Å²) in [6.07, 6.45) is 2.39. The van der Waals surface area contributed by atoms with Crippen molar-refractivity contribution in [1.29, 1.82) is 0 Å². The van der Waals surface area contributed by atoms with Crippen molar-refractivity contribution in [2.24, 2.45) is 0 Å². The van der Waals surface area contributed by atoms with Crippen LogP contribution in [0, 0.1) is 0 Å². The van der Waals surface area contributed by atoms with Gasteiger partial charge in [-0.1, -0.05) is 11.6 Å². The van der Waals surface area contributed by atoms with E-state index in [-0.39, 0.29) is 5.56 Å². The number of methoxy groups -OCH3 is 1. The van der Waals surface area contributed by atoms with E-state index in [1.807, 2.05) is 0 Å². The van der Waals surface area contributed by atoms with Gasteiger partial charge in [0.2, 0.25) is 0 Å². The Morgan fingerprint density at radius 1 is 1.47 bits per heavy atom. The number of H-pyrrole nitrogens is 1. The molecule has 1 amide bonds. The average molecular weight is 280 g/mol. The molecule has 0 radical (unpaired) electrons. The molecule has 0 saturated heterocycles. The molecule has 0 aliphatic rings. The fourth-order valence-electron chi connectivity index (χ4n) is 1.47. The Morgan fingerprint density at radius 2 is 2.26 bits per heavy atom. The van der Waals surface area contributed by atoms with Crippen LogP contribution < -0.4 is 15.6 Å². The van der Waals surface area contributed by atoms with E-state index < -0.39 is 11.5 Å². The Balaban J connectivity index is 2.32. The summed E-state index contributed by atoms with van der Waals surface area (Å²) in [6, 6.07) is 4.78. The van der Waals surface area contributed by atoms with Crippen molar-refractivity contribution in [3.8, 4) is 5.75 Å². The predicted molar refractivity (Wildman–Crippen MR) is 70.8 cm³/mol. The number of aromatic nitrogens is 2. The third-order valence-electron chi connectivity index (χ3n) is 2.37. The summed E-state index contributed by atoms with van der Waals surface area (Å²) in [7, 11) is 1.47. The number of anilines is 1. The van der Waals surface area contributed by atoms with E-state index in [0.717, 1.165) is 0 Å². The maximum atomic E-state index is 11.9. The first-order valence-corrected chi connectivity index (χ1v) is 5.67. The molecule has 0 bridgehead atoms. The fraction of sp³-hybridized carbons (Fsp3) is 0.0833. The molecule has 6 nitrogen and oxygen atoms in total. The molecule has 7 heteroatoms. The van der Waals surface area contributed by atoms with Crippen LogP contribution in [0.3, 0.4) is 0 Å². The summed E-state index contributed by atoms with van der Waals surface area (Å²) in [5.41, 5.74) is -0.235. The SMILES string of the molecule is COc1ccc(Cl)cc1NC(=O)c1cnc[nH]c1=O. The quantitative estimate of drug-likeness (QED) is 0.895. The molecule has 1 heterocycles. The number of rotatable bonds is 3. The smallest absolute Gasteiger partial charge is 0.263 e. The number of nitrogens with zero attached hydrogens (tertiary/aromatic N) is 1.